The summed E-state index contributed by atoms with van der Waals surface area (Å²) in [7, 11) is 0. The molecule has 8 bridgehead atoms. The number of benzene rings is 4. The van der Waals surface area contributed by atoms with E-state index in [1.807, 2.05) is 125 Å². The molecule has 46 heavy (non-hydrogen) atoms. The zero-order valence-corrected chi connectivity index (χ0v) is 24.9. The highest BCUT2D eigenvalue weighted by Gasteiger charge is 2.21. The number of rotatable bonds is 0. The minimum atomic E-state index is 0. The van der Waals surface area contributed by atoms with Crippen LogP contribution in [0, 0.1) is 0 Å². The van der Waals surface area contributed by atoms with Crippen LogP contribution in [0.25, 0.3) is 89.7 Å². The van der Waals surface area contributed by atoms with E-state index in [0.717, 1.165) is 43.8 Å². The second-order valence-electron chi connectivity index (χ2n) is 9.79. The summed E-state index contributed by atoms with van der Waals surface area (Å²) in [6.45, 7) is 8.00. The Morgan fingerprint density at radius 3 is 0.783 bits per heavy atom. The zero-order valence-electron chi connectivity index (χ0n) is 24.9. The van der Waals surface area contributed by atoms with Crippen LogP contribution >= 0.6 is 0 Å². The normalized spacial score (nSPS) is 10.7. The van der Waals surface area contributed by atoms with Crippen molar-refractivity contribution in [3.63, 3.8) is 0 Å². The largest absolute Gasteiger partial charge is 0.324 e. The van der Waals surface area contributed by atoms with Crippen LogP contribution in [-0.2, 0) is 0 Å². The third kappa shape index (κ3) is 5.07. The molecule has 0 saturated heterocycles. The van der Waals surface area contributed by atoms with E-state index in [1.165, 1.54) is 0 Å². The number of aromatic nitrogens is 8. The summed E-state index contributed by atoms with van der Waals surface area (Å²) >= 11 is 0. The number of hydrogen-bond acceptors (Lipinski definition) is 6. The minimum Gasteiger partial charge on any atom is -0.324 e. The van der Waals surface area contributed by atoms with Crippen molar-refractivity contribution in [2.45, 2.75) is 42.5 Å². The maximum atomic E-state index is 5.02. The first-order valence-electron chi connectivity index (χ1n) is 15.0. The minimum absolute atomic E-state index is 0. The summed E-state index contributed by atoms with van der Waals surface area (Å²) in [5.74, 6) is 2.39. The number of hydrogen-bond donors (Lipinski definition) is 2. The van der Waals surface area contributed by atoms with Crippen molar-refractivity contribution in [2.24, 2.45) is 0 Å². The first-order chi connectivity index (χ1) is 21.8. The van der Waals surface area contributed by atoms with E-state index in [4.69, 9.17) is 29.9 Å². The van der Waals surface area contributed by atoms with Crippen molar-refractivity contribution in [2.75, 3.05) is 0 Å². The molecule has 2 N–H and O–H groups in total. The summed E-state index contributed by atoms with van der Waals surface area (Å²) in [4.78, 5) is 36.8. The maximum Gasteiger partial charge on any atom is 0.164 e. The highest BCUT2D eigenvalue weighted by atomic mass is 15.1. The zero-order chi connectivity index (χ0) is 30.2. The Labute approximate surface area is 268 Å². The second kappa shape index (κ2) is 13.1. The van der Waals surface area contributed by atoms with Crippen molar-refractivity contribution in [1.82, 2.24) is 39.9 Å². The predicted molar refractivity (Wildman–Crippen MR) is 192 cm³/mol. The lowest BCUT2D eigenvalue weighted by Crippen LogP contribution is -1.82. The average Bonchev–Trinajstić information content (AvgIpc) is 3.82. The molecular formula is C38H38N8. The maximum absolute atomic E-state index is 5.02. The van der Waals surface area contributed by atoms with Gasteiger partial charge in [0.2, 0.25) is 0 Å². The predicted octanol–water partition coefficient (Wildman–Crippen LogP) is 10.2. The fraction of sp³-hybridized carbons (Fsp3) is 0.158. The number of H-pyrrole nitrogens is 2. The van der Waals surface area contributed by atoms with E-state index in [0.29, 0.717) is 45.9 Å². The van der Waals surface area contributed by atoms with Crippen LogP contribution in [-0.4, -0.2) is 39.9 Å². The molecule has 0 radical (unpaired) electrons. The van der Waals surface area contributed by atoms with Crippen LogP contribution in [0.1, 0.15) is 42.5 Å². The number of aromatic amines is 2. The molecule has 0 atom stereocenters. The van der Waals surface area contributed by atoms with Gasteiger partial charge < -0.3 is 9.97 Å². The highest BCUT2D eigenvalue weighted by Crippen LogP contribution is 2.36. The van der Waals surface area contributed by atoms with Gasteiger partial charge in [-0.15, -0.1) is 0 Å². The summed E-state index contributed by atoms with van der Waals surface area (Å²) in [5, 5.41) is 3.82. The van der Waals surface area contributed by atoms with Crippen LogP contribution < -0.4 is 0 Å². The summed E-state index contributed by atoms with van der Waals surface area (Å²) in [6, 6.07) is 32.2. The van der Waals surface area contributed by atoms with Crippen molar-refractivity contribution in [1.29, 1.82) is 0 Å². The molecule has 8 heteroatoms. The molecule has 0 unspecified atom stereocenters. The van der Waals surface area contributed by atoms with Gasteiger partial charge in [0.15, 0.2) is 23.3 Å². The molecule has 3 aromatic heterocycles. The van der Waals surface area contributed by atoms with Crippen LogP contribution in [0.2, 0.25) is 0 Å². The van der Waals surface area contributed by atoms with Gasteiger partial charge in [0, 0.05) is 43.8 Å². The van der Waals surface area contributed by atoms with Gasteiger partial charge in [-0.25, -0.2) is 29.9 Å². The first kappa shape index (κ1) is 31.7. The fourth-order valence-corrected chi connectivity index (χ4v) is 5.59. The average molecular weight is 607 g/mol. The molecular weight excluding hydrogens is 568 g/mol. The fourth-order valence-electron chi connectivity index (χ4n) is 5.59. The van der Waals surface area contributed by atoms with Gasteiger partial charge in [-0.3, -0.25) is 0 Å². The van der Waals surface area contributed by atoms with E-state index in [9.17, 15) is 0 Å². The lowest BCUT2D eigenvalue weighted by molar-refractivity contribution is 1.19. The van der Waals surface area contributed by atoms with Crippen molar-refractivity contribution in [3.8, 4) is 45.6 Å². The van der Waals surface area contributed by atoms with E-state index >= 15 is 0 Å². The summed E-state index contributed by atoms with van der Waals surface area (Å²) in [6.07, 6.45) is 0. The molecule has 0 fully saturated rings. The Morgan fingerprint density at radius 2 is 0.543 bits per heavy atom. The Morgan fingerprint density at radius 1 is 0.326 bits per heavy atom. The highest BCUT2D eigenvalue weighted by molar-refractivity contribution is 6.06. The second-order valence-corrected chi connectivity index (χ2v) is 9.79. The number of fused-ring (bicyclic) bond motifs is 20. The van der Waals surface area contributed by atoms with Crippen molar-refractivity contribution in [3.05, 3.63) is 97.1 Å². The Bertz CT molecular complexity index is 2030. The summed E-state index contributed by atoms with van der Waals surface area (Å²) in [5.41, 5.74) is 6.45. The molecule has 0 spiro atoms. The molecule has 7 aromatic rings. The lowest BCUT2D eigenvalue weighted by Gasteiger charge is -1.96. The lowest BCUT2D eigenvalue weighted by atomic mass is 10.1. The third-order valence-electron chi connectivity index (χ3n) is 7.46. The van der Waals surface area contributed by atoms with Gasteiger partial charge in [0.25, 0.3) is 0 Å². The Hall–Kier alpha value is -5.76. The number of nitrogens with zero attached hydrogens (tertiary/aromatic N) is 6. The van der Waals surface area contributed by atoms with E-state index < -0.39 is 0 Å². The molecule has 230 valence electrons. The van der Waals surface area contributed by atoms with Crippen LogP contribution in [0.15, 0.2) is 97.1 Å². The topological polar surface area (TPSA) is 109 Å². The molecule has 0 aliphatic carbocycles. The van der Waals surface area contributed by atoms with Gasteiger partial charge in [-0.05, 0) is 0 Å². The molecule has 0 saturated carbocycles. The van der Waals surface area contributed by atoms with Crippen LogP contribution in [0.5, 0.6) is 0 Å². The van der Waals surface area contributed by atoms with Gasteiger partial charge >= 0.3 is 0 Å². The Balaban J connectivity index is 0.000000670. The van der Waals surface area contributed by atoms with E-state index in [-0.39, 0.29) is 14.9 Å². The third-order valence-corrected chi connectivity index (χ3v) is 7.46. The number of nitrogens with one attached hydrogen (secondary N) is 2. The smallest absolute Gasteiger partial charge is 0.164 e. The van der Waals surface area contributed by atoms with E-state index in [1.54, 1.807) is 0 Å². The molecule has 2 aliphatic rings. The van der Waals surface area contributed by atoms with Gasteiger partial charge in [-0.2, -0.15) is 0 Å². The molecule has 5 heterocycles. The monoisotopic (exact) mass is 606 g/mol. The van der Waals surface area contributed by atoms with Crippen molar-refractivity contribution >= 4 is 44.1 Å². The SMILES string of the molecule is C.C.CC.CC.c1ccc2c(c1)-c1nc-2nc2[nH]c(nc3nc(nc4[nH]c(n1)c1ccccc41)-c1ccccc1-3)c1ccccc21. The standard InChI is InChI=1S/C32H18N8.2C2H6.2CH4/c1-2-10-18-17(9-1)25-33-26(18)38-28-21-13-5-6-14-22(21)30(35-28)40-32-24-16-8-7-15-23(24)31(36-32)39-29-20-12-4-3-11-19(20)27(34-29)37-25;2*1-2;;/h1-16H,(H2,33,34,35,36,37,38,39,40);2*1-2H3;2*1H4. The summed E-state index contributed by atoms with van der Waals surface area (Å²) < 4.78 is 0. The Kier molecular flexibility index (Phi) is 9.00. The van der Waals surface area contributed by atoms with Gasteiger partial charge in [-0.1, -0.05) is 140 Å². The van der Waals surface area contributed by atoms with Crippen LogP contribution in [0.4, 0.5) is 0 Å². The first-order valence-corrected chi connectivity index (χ1v) is 15.0. The van der Waals surface area contributed by atoms with E-state index in [2.05, 4.69) is 9.97 Å². The molecule has 9 rings (SSSR count). The molecule has 0 amide bonds. The van der Waals surface area contributed by atoms with Gasteiger partial charge in [0.05, 0.1) is 0 Å². The molecule has 2 aliphatic heterocycles. The van der Waals surface area contributed by atoms with Gasteiger partial charge in [0.1, 0.15) is 22.6 Å². The molecule has 4 aromatic carbocycles. The molecule has 8 nitrogen and oxygen atoms in total. The quantitative estimate of drug-likeness (QED) is 0.178. The van der Waals surface area contributed by atoms with Crippen molar-refractivity contribution < 1.29 is 0 Å². The van der Waals surface area contributed by atoms with Crippen LogP contribution in [0.3, 0.4) is 0 Å².